The van der Waals surface area contributed by atoms with Gasteiger partial charge in [0.2, 0.25) is 0 Å². The standard InChI is InChI=1S/C16H11ClFNO3S/c1-23(20,21)15(10-19)8-11-2-5-14(9-16(11)17)22-13-6-3-12(18)4-7-13/h2-9H,1H3. The van der Waals surface area contributed by atoms with Crippen molar-refractivity contribution in [2.75, 3.05) is 6.26 Å². The van der Waals surface area contributed by atoms with Gasteiger partial charge in [0.1, 0.15) is 28.3 Å². The molecule has 0 atom stereocenters. The van der Waals surface area contributed by atoms with Gasteiger partial charge >= 0.3 is 0 Å². The second kappa shape index (κ2) is 6.82. The van der Waals surface area contributed by atoms with Crippen LogP contribution >= 0.6 is 11.6 Å². The summed E-state index contributed by atoms with van der Waals surface area (Å²) in [4.78, 5) is -0.383. The van der Waals surface area contributed by atoms with Crippen LogP contribution in [0, 0.1) is 17.1 Å². The first-order valence-electron chi connectivity index (χ1n) is 6.34. The normalized spacial score (nSPS) is 11.8. The van der Waals surface area contributed by atoms with E-state index in [9.17, 15) is 12.8 Å². The van der Waals surface area contributed by atoms with Gasteiger partial charge in [-0.25, -0.2) is 12.8 Å². The fourth-order valence-corrected chi connectivity index (χ4v) is 2.42. The van der Waals surface area contributed by atoms with Crippen LogP contribution in [0.3, 0.4) is 0 Å². The van der Waals surface area contributed by atoms with Crippen LogP contribution in [0.25, 0.3) is 6.08 Å². The van der Waals surface area contributed by atoms with E-state index in [4.69, 9.17) is 21.6 Å². The van der Waals surface area contributed by atoms with Crippen LogP contribution in [-0.2, 0) is 9.84 Å². The maximum atomic E-state index is 12.8. The summed E-state index contributed by atoms with van der Waals surface area (Å²) in [6.07, 6.45) is 2.14. The van der Waals surface area contributed by atoms with Crippen molar-refractivity contribution < 1.29 is 17.5 Å². The van der Waals surface area contributed by atoms with Gasteiger partial charge in [-0.15, -0.1) is 0 Å². The van der Waals surface area contributed by atoms with E-state index in [1.165, 1.54) is 42.5 Å². The maximum Gasteiger partial charge on any atom is 0.185 e. The molecule has 0 aliphatic carbocycles. The van der Waals surface area contributed by atoms with Crippen molar-refractivity contribution in [1.82, 2.24) is 0 Å². The van der Waals surface area contributed by atoms with Crippen LogP contribution in [0.2, 0.25) is 5.02 Å². The monoisotopic (exact) mass is 351 g/mol. The quantitative estimate of drug-likeness (QED) is 0.775. The molecular weight excluding hydrogens is 341 g/mol. The predicted molar refractivity (Wildman–Crippen MR) is 86.4 cm³/mol. The molecule has 2 rings (SSSR count). The number of halogens is 2. The Kier molecular flexibility index (Phi) is 5.04. The summed E-state index contributed by atoms with van der Waals surface area (Å²) in [7, 11) is -3.62. The van der Waals surface area contributed by atoms with Gasteiger partial charge in [0, 0.05) is 6.26 Å². The summed E-state index contributed by atoms with van der Waals surface area (Å²) in [5.41, 5.74) is 0.375. The first kappa shape index (κ1) is 17.0. The molecule has 0 N–H and O–H groups in total. The summed E-state index contributed by atoms with van der Waals surface area (Å²) < 4.78 is 41.2. The largest absolute Gasteiger partial charge is 0.457 e. The lowest BCUT2D eigenvalue weighted by Crippen LogP contribution is -1.98. The van der Waals surface area contributed by atoms with Crippen molar-refractivity contribution in [2.24, 2.45) is 0 Å². The van der Waals surface area contributed by atoms with Crippen LogP contribution in [0.4, 0.5) is 4.39 Å². The highest BCUT2D eigenvalue weighted by molar-refractivity contribution is 7.95. The summed E-state index contributed by atoms with van der Waals surface area (Å²) in [5, 5.41) is 9.11. The molecule has 4 nitrogen and oxygen atoms in total. The third-order valence-electron chi connectivity index (χ3n) is 2.82. The van der Waals surface area contributed by atoms with Crippen molar-refractivity contribution in [1.29, 1.82) is 5.26 Å². The van der Waals surface area contributed by atoms with Crippen LogP contribution < -0.4 is 4.74 Å². The first-order chi connectivity index (χ1) is 10.8. The van der Waals surface area contributed by atoms with E-state index in [0.717, 1.165) is 6.26 Å². The number of benzene rings is 2. The summed E-state index contributed by atoms with van der Waals surface area (Å²) >= 11 is 6.08. The molecule has 0 spiro atoms. The van der Waals surface area contributed by atoms with E-state index in [-0.39, 0.29) is 15.7 Å². The van der Waals surface area contributed by atoms with Gasteiger partial charge in [-0.3, -0.25) is 0 Å². The molecule has 0 aliphatic rings. The van der Waals surface area contributed by atoms with E-state index in [1.54, 1.807) is 12.1 Å². The molecule has 0 aliphatic heterocycles. The Morgan fingerprint density at radius 3 is 2.35 bits per heavy atom. The number of nitriles is 1. The number of nitrogens with zero attached hydrogens (tertiary/aromatic N) is 1. The zero-order chi connectivity index (χ0) is 17.0. The smallest absolute Gasteiger partial charge is 0.185 e. The number of hydrogen-bond donors (Lipinski definition) is 0. The molecule has 2 aromatic rings. The van der Waals surface area contributed by atoms with Gasteiger partial charge in [0.05, 0.1) is 5.02 Å². The lowest BCUT2D eigenvalue weighted by atomic mass is 10.2. The Morgan fingerprint density at radius 2 is 1.83 bits per heavy atom. The molecule has 0 unspecified atom stereocenters. The molecule has 0 heterocycles. The highest BCUT2D eigenvalue weighted by Gasteiger charge is 2.12. The second-order valence-electron chi connectivity index (χ2n) is 4.63. The zero-order valence-electron chi connectivity index (χ0n) is 12.0. The summed E-state index contributed by atoms with van der Waals surface area (Å²) in [5.74, 6) is 0.455. The van der Waals surface area contributed by atoms with E-state index in [0.29, 0.717) is 17.1 Å². The third-order valence-corrected chi connectivity index (χ3v) is 4.15. The molecule has 0 aromatic heterocycles. The fraction of sp³-hybridized carbons (Fsp3) is 0.0625. The van der Waals surface area contributed by atoms with Gasteiger partial charge in [-0.1, -0.05) is 11.6 Å². The number of rotatable bonds is 4. The van der Waals surface area contributed by atoms with Gasteiger partial charge in [0.15, 0.2) is 9.84 Å². The zero-order valence-corrected chi connectivity index (χ0v) is 13.5. The Labute approximate surface area is 138 Å². The third kappa shape index (κ3) is 4.55. The lowest BCUT2D eigenvalue weighted by molar-refractivity contribution is 0.480. The molecule has 2 aromatic carbocycles. The average molecular weight is 352 g/mol. The molecule has 0 saturated carbocycles. The van der Waals surface area contributed by atoms with Crippen LogP contribution in [-0.4, -0.2) is 14.7 Å². The molecule has 23 heavy (non-hydrogen) atoms. The Balaban J connectivity index is 2.29. The molecule has 118 valence electrons. The average Bonchev–Trinajstić information content (AvgIpc) is 2.47. The lowest BCUT2D eigenvalue weighted by Gasteiger charge is -2.07. The summed E-state index contributed by atoms with van der Waals surface area (Å²) in [6, 6.07) is 11.7. The SMILES string of the molecule is CS(=O)(=O)C(C#N)=Cc1ccc(Oc2ccc(F)cc2)cc1Cl. The molecule has 0 radical (unpaired) electrons. The fourth-order valence-electron chi connectivity index (χ4n) is 1.69. The number of sulfone groups is 1. The second-order valence-corrected chi connectivity index (χ2v) is 7.02. The Morgan fingerprint density at radius 1 is 1.22 bits per heavy atom. The molecule has 7 heteroatoms. The van der Waals surface area contributed by atoms with Gasteiger partial charge in [-0.2, -0.15) is 5.26 Å². The Hall–Kier alpha value is -2.36. The molecule has 0 fully saturated rings. The predicted octanol–water partition coefficient (Wildman–Crippen LogP) is 4.18. The van der Waals surface area contributed by atoms with Crippen molar-refractivity contribution in [3.05, 3.63) is 63.8 Å². The van der Waals surface area contributed by atoms with Crippen LogP contribution in [0.15, 0.2) is 47.4 Å². The molecular formula is C16H11ClFNO3S. The van der Waals surface area contributed by atoms with Gasteiger partial charge < -0.3 is 4.74 Å². The van der Waals surface area contributed by atoms with Crippen molar-refractivity contribution in [3.8, 4) is 17.6 Å². The summed E-state index contributed by atoms with van der Waals surface area (Å²) in [6.45, 7) is 0. The molecule has 0 amide bonds. The van der Waals surface area contributed by atoms with E-state index >= 15 is 0 Å². The van der Waals surface area contributed by atoms with Crippen LogP contribution in [0.5, 0.6) is 11.5 Å². The number of hydrogen-bond acceptors (Lipinski definition) is 4. The van der Waals surface area contributed by atoms with Crippen molar-refractivity contribution in [3.63, 3.8) is 0 Å². The van der Waals surface area contributed by atoms with Crippen molar-refractivity contribution in [2.45, 2.75) is 0 Å². The topological polar surface area (TPSA) is 67.2 Å². The van der Waals surface area contributed by atoms with Crippen LogP contribution in [0.1, 0.15) is 5.56 Å². The van der Waals surface area contributed by atoms with Gasteiger partial charge in [0.25, 0.3) is 0 Å². The highest BCUT2D eigenvalue weighted by Crippen LogP contribution is 2.28. The maximum absolute atomic E-state index is 12.8. The van der Waals surface area contributed by atoms with E-state index in [2.05, 4.69) is 0 Å². The van der Waals surface area contributed by atoms with Crippen molar-refractivity contribution >= 4 is 27.5 Å². The minimum atomic E-state index is -3.62. The number of ether oxygens (including phenoxy) is 1. The molecule has 0 saturated heterocycles. The number of allylic oxidation sites excluding steroid dienone is 1. The minimum absolute atomic E-state index is 0.223. The minimum Gasteiger partial charge on any atom is -0.457 e. The molecule has 0 bridgehead atoms. The Bertz CT molecular complexity index is 900. The van der Waals surface area contributed by atoms with Gasteiger partial charge in [-0.05, 0) is 54.1 Å². The highest BCUT2D eigenvalue weighted by atomic mass is 35.5. The first-order valence-corrected chi connectivity index (χ1v) is 8.61. The van der Waals surface area contributed by atoms with E-state index < -0.39 is 9.84 Å². The van der Waals surface area contributed by atoms with E-state index in [1.807, 2.05) is 0 Å².